The summed E-state index contributed by atoms with van der Waals surface area (Å²) >= 11 is 0. The molecular weight excluding hydrogens is 290 g/mol. The molecule has 2 aliphatic carbocycles. The van der Waals surface area contributed by atoms with Crippen molar-refractivity contribution in [3.63, 3.8) is 0 Å². The first-order chi connectivity index (χ1) is 10.6. The Bertz CT molecular complexity index is 420. The molecule has 23 heavy (non-hydrogen) atoms. The molecule has 1 N–H and O–H groups in total. The summed E-state index contributed by atoms with van der Waals surface area (Å²) in [5.41, 5.74) is 0.167. The van der Waals surface area contributed by atoms with Crippen LogP contribution in [0.25, 0.3) is 0 Å². The van der Waals surface area contributed by atoms with E-state index in [2.05, 4.69) is 33.0 Å². The molecule has 2 bridgehead atoms. The number of nitrogens with one attached hydrogen (secondary N) is 1. The van der Waals surface area contributed by atoms with E-state index >= 15 is 0 Å². The van der Waals surface area contributed by atoms with Crippen molar-refractivity contribution in [2.24, 2.45) is 16.7 Å². The molecule has 2 saturated carbocycles. The van der Waals surface area contributed by atoms with E-state index in [1.54, 1.807) is 6.92 Å². The molecule has 0 spiro atoms. The van der Waals surface area contributed by atoms with Gasteiger partial charge < -0.3 is 10.1 Å². The maximum absolute atomic E-state index is 12.1. The van der Waals surface area contributed by atoms with E-state index in [0.29, 0.717) is 5.92 Å². The van der Waals surface area contributed by atoms with E-state index in [9.17, 15) is 9.59 Å². The lowest BCUT2D eigenvalue weighted by Gasteiger charge is -2.56. The van der Waals surface area contributed by atoms with Gasteiger partial charge in [0, 0.05) is 5.54 Å². The van der Waals surface area contributed by atoms with Crippen molar-refractivity contribution in [3.05, 3.63) is 0 Å². The molecule has 0 radical (unpaired) electrons. The Labute approximate surface area is 141 Å². The number of carbonyl (C=O) groups excluding carboxylic acids is 2. The highest BCUT2D eigenvalue weighted by Crippen LogP contribution is 2.55. The number of amides is 1. The fourth-order valence-corrected chi connectivity index (χ4v) is 5.14. The highest BCUT2D eigenvalue weighted by Gasteiger charge is 2.52. The number of hydrogen-bond acceptors (Lipinski definition) is 3. The Kier molecular flexibility index (Phi) is 6.28. The van der Waals surface area contributed by atoms with Gasteiger partial charge >= 0.3 is 11.9 Å². The van der Waals surface area contributed by atoms with Crippen molar-refractivity contribution in [1.82, 2.24) is 5.32 Å². The average molecular weight is 325 g/mol. The molecule has 2 fully saturated rings. The van der Waals surface area contributed by atoms with Gasteiger partial charge in [-0.3, -0.25) is 4.79 Å². The van der Waals surface area contributed by atoms with Gasteiger partial charge in [0.1, 0.15) is 0 Å². The van der Waals surface area contributed by atoms with Crippen LogP contribution in [-0.2, 0) is 14.3 Å². The molecule has 0 atom stereocenters. The minimum Gasteiger partial charge on any atom is -0.459 e. The minimum absolute atomic E-state index is 0.210. The maximum Gasteiger partial charge on any atom is 0.396 e. The summed E-state index contributed by atoms with van der Waals surface area (Å²) in [6.07, 6.45) is 5.27. The molecule has 0 unspecified atom stereocenters. The zero-order valence-corrected chi connectivity index (χ0v) is 16.0. The van der Waals surface area contributed by atoms with E-state index in [-0.39, 0.29) is 23.0 Å². The highest BCUT2D eigenvalue weighted by molar-refractivity contribution is 6.32. The van der Waals surface area contributed by atoms with Crippen LogP contribution in [0, 0.1) is 16.7 Å². The topological polar surface area (TPSA) is 55.4 Å². The molecule has 0 aromatic heterocycles. The lowest BCUT2D eigenvalue weighted by Crippen LogP contribution is -2.60. The third-order valence-electron chi connectivity index (χ3n) is 4.84. The number of fused-ring (bicyclic) bond motifs is 2. The first kappa shape index (κ1) is 20.0. The van der Waals surface area contributed by atoms with Crippen molar-refractivity contribution >= 4 is 11.9 Å². The van der Waals surface area contributed by atoms with Crippen LogP contribution in [0.1, 0.15) is 80.6 Å². The maximum atomic E-state index is 12.1. The predicted octanol–water partition coefficient (Wildman–Crippen LogP) is 4.08. The zero-order chi connectivity index (χ0) is 17.9. The Morgan fingerprint density at radius 1 is 1.00 bits per heavy atom. The number of ether oxygens (including phenoxy) is 1. The Balaban J connectivity index is 0.00000127. The fraction of sp³-hybridized carbons (Fsp3) is 0.895. The van der Waals surface area contributed by atoms with Gasteiger partial charge in [0.25, 0.3) is 0 Å². The first-order valence-electron chi connectivity index (χ1n) is 9.06. The molecule has 4 heteroatoms. The predicted molar refractivity (Wildman–Crippen MR) is 93.0 cm³/mol. The first-order valence-corrected chi connectivity index (χ1v) is 9.06. The van der Waals surface area contributed by atoms with Gasteiger partial charge in [-0.05, 0) is 55.8 Å². The molecule has 0 aromatic rings. The second kappa shape index (κ2) is 7.23. The summed E-state index contributed by atoms with van der Waals surface area (Å²) < 4.78 is 4.83. The highest BCUT2D eigenvalue weighted by atomic mass is 16.5. The largest absolute Gasteiger partial charge is 0.459 e. The Morgan fingerprint density at radius 3 is 1.91 bits per heavy atom. The molecule has 134 valence electrons. The normalized spacial score (nSPS) is 30.5. The van der Waals surface area contributed by atoms with Gasteiger partial charge in [0.15, 0.2) is 0 Å². The zero-order valence-electron chi connectivity index (χ0n) is 16.0. The third-order valence-corrected chi connectivity index (χ3v) is 4.84. The standard InChI is InChI=1S/C17H29NO3.C2H6/c1-6-21-14(20)13(19)18-17-9-12(7-15(2,3)10-17)8-16(4,5)11-17;1-2/h12H,6-11H2,1-5H3,(H,18,19);1-2H3. The minimum atomic E-state index is -0.754. The number of carbonyl (C=O) groups is 2. The Morgan fingerprint density at radius 2 is 1.48 bits per heavy atom. The fourth-order valence-electron chi connectivity index (χ4n) is 5.14. The second-order valence-electron chi connectivity index (χ2n) is 8.62. The van der Waals surface area contributed by atoms with E-state index in [1.165, 1.54) is 12.8 Å². The SMILES string of the molecule is CC.CCOC(=O)C(=O)NC12CC(CC(C)(C)C1)CC(C)(C)C2. The summed E-state index contributed by atoms with van der Waals surface area (Å²) in [6.45, 7) is 15.0. The molecular formula is C19H35NO3. The summed E-state index contributed by atoms with van der Waals surface area (Å²) in [5, 5.41) is 3.05. The van der Waals surface area contributed by atoms with Crippen LogP contribution in [0.4, 0.5) is 0 Å². The van der Waals surface area contributed by atoms with Gasteiger partial charge in [0.2, 0.25) is 0 Å². The van der Waals surface area contributed by atoms with E-state index in [4.69, 9.17) is 4.74 Å². The smallest absolute Gasteiger partial charge is 0.396 e. The molecule has 0 aromatic carbocycles. The van der Waals surface area contributed by atoms with Gasteiger partial charge in [-0.15, -0.1) is 0 Å². The summed E-state index contributed by atoms with van der Waals surface area (Å²) in [6, 6.07) is 0. The van der Waals surface area contributed by atoms with Gasteiger partial charge in [0.05, 0.1) is 6.61 Å². The van der Waals surface area contributed by atoms with E-state index in [1.807, 2.05) is 13.8 Å². The third kappa shape index (κ3) is 5.22. The van der Waals surface area contributed by atoms with Crippen LogP contribution >= 0.6 is 0 Å². The van der Waals surface area contributed by atoms with Crippen molar-refractivity contribution in [3.8, 4) is 0 Å². The Hall–Kier alpha value is -1.06. The van der Waals surface area contributed by atoms with Gasteiger partial charge in [-0.2, -0.15) is 0 Å². The molecule has 2 aliphatic rings. The average Bonchev–Trinajstić information content (AvgIpc) is 2.36. The number of rotatable bonds is 2. The molecule has 4 nitrogen and oxygen atoms in total. The summed E-state index contributed by atoms with van der Waals surface area (Å²) in [7, 11) is 0. The van der Waals surface area contributed by atoms with E-state index < -0.39 is 11.9 Å². The molecule has 0 aliphatic heterocycles. The summed E-state index contributed by atoms with van der Waals surface area (Å²) in [5.74, 6) is -0.707. The van der Waals surface area contributed by atoms with Gasteiger partial charge in [-0.25, -0.2) is 4.79 Å². The second-order valence-corrected chi connectivity index (χ2v) is 8.62. The lowest BCUT2D eigenvalue weighted by molar-refractivity contribution is -0.157. The molecule has 0 heterocycles. The van der Waals surface area contributed by atoms with Crippen molar-refractivity contribution in [2.75, 3.05) is 6.61 Å². The molecule has 0 saturated heterocycles. The van der Waals surface area contributed by atoms with Crippen molar-refractivity contribution in [1.29, 1.82) is 0 Å². The van der Waals surface area contributed by atoms with Crippen LogP contribution in [0.3, 0.4) is 0 Å². The molecule has 1 amide bonds. The van der Waals surface area contributed by atoms with Crippen LogP contribution in [0.5, 0.6) is 0 Å². The quantitative estimate of drug-likeness (QED) is 0.615. The summed E-state index contributed by atoms with van der Waals surface area (Å²) in [4.78, 5) is 23.8. The number of hydrogen-bond donors (Lipinski definition) is 1. The van der Waals surface area contributed by atoms with Crippen molar-refractivity contribution in [2.45, 2.75) is 86.1 Å². The van der Waals surface area contributed by atoms with Crippen LogP contribution in [0.15, 0.2) is 0 Å². The van der Waals surface area contributed by atoms with Gasteiger partial charge in [-0.1, -0.05) is 41.5 Å². The van der Waals surface area contributed by atoms with E-state index in [0.717, 1.165) is 19.3 Å². The van der Waals surface area contributed by atoms with Crippen molar-refractivity contribution < 1.29 is 14.3 Å². The number of esters is 1. The van der Waals surface area contributed by atoms with Crippen LogP contribution < -0.4 is 5.32 Å². The van der Waals surface area contributed by atoms with Crippen LogP contribution in [0.2, 0.25) is 0 Å². The molecule has 2 rings (SSSR count). The monoisotopic (exact) mass is 325 g/mol. The van der Waals surface area contributed by atoms with Crippen LogP contribution in [-0.4, -0.2) is 24.0 Å². The lowest BCUT2D eigenvalue weighted by atomic mass is 9.53.